The smallest absolute Gasteiger partial charge is 0.159 e. The third kappa shape index (κ3) is 1.85. The summed E-state index contributed by atoms with van der Waals surface area (Å²) in [5.41, 5.74) is 4.30. The Morgan fingerprint density at radius 1 is 1.05 bits per heavy atom. The summed E-state index contributed by atoms with van der Waals surface area (Å²) in [7, 11) is 2.09. The first-order valence-corrected chi connectivity index (χ1v) is 8.15. The van der Waals surface area contributed by atoms with Crippen LogP contribution in [-0.4, -0.2) is 16.1 Å². The molecule has 2 aromatic carbocycles. The van der Waals surface area contributed by atoms with E-state index in [4.69, 9.17) is 4.42 Å². The molecule has 1 aromatic heterocycles. The van der Waals surface area contributed by atoms with Crippen molar-refractivity contribution in [2.24, 2.45) is 0 Å². The summed E-state index contributed by atoms with van der Waals surface area (Å²) in [6.45, 7) is 2.14. The molecule has 0 unspecified atom stereocenters. The molecule has 0 aliphatic carbocycles. The lowest BCUT2D eigenvalue weighted by Crippen LogP contribution is -2.31. The van der Waals surface area contributed by atoms with Crippen molar-refractivity contribution in [3.8, 4) is 0 Å². The molecular weight excluding hydrogens is 375 g/mol. The van der Waals surface area contributed by atoms with Crippen LogP contribution in [-0.2, 0) is 0 Å². The van der Waals surface area contributed by atoms with Crippen molar-refractivity contribution in [1.29, 1.82) is 0 Å². The Balaban J connectivity index is 2.04. The van der Waals surface area contributed by atoms with E-state index < -0.39 is 0 Å². The maximum absolute atomic E-state index is 6.16. The molecule has 0 saturated heterocycles. The second-order valence-corrected chi connectivity index (χ2v) is 6.50. The minimum atomic E-state index is 0.264. The highest BCUT2D eigenvalue weighted by Crippen LogP contribution is 2.40. The van der Waals surface area contributed by atoms with E-state index in [-0.39, 0.29) is 4.17 Å². The summed E-state index contributed by atoms with van der Waals surface area (Å²) in [5, 5.41) is 2.35. The molecule has 0 fully saturated rings. The predicted molar refractivity (Wildman–Crippen MR) is 95.6 cm³/mol. The van der Waals surface area contributed by atoms with Gasteiger partial charge in [0.05, 0.1) is 5.69 Å². The van der Waals surface area contributed by atoms with Gasteiger partial charge in [0.15, 0.2) is 9.76 Å². The maximum atomic E-state index is 6.16. The van der Waals surface area contributed by atoms with E-state index in [9.17, 15) is 0 Å². The Hall–Kier alpha value is -1.69. The third-order valence-corrected chi connectivity index (χ3v) is 5.49. The molecule has 21 heavy (non-hydrogen) atoms. The topological polar surface area (TPSA) is 19.6 Å². The van der Waals surface area contributed by atoms with Crippen LogP contribution < -0.4 is 4.90 Å². The summed E-state index contributed by atoms with van der Waals surface area (Å²) in [6.07, 6.45) is 4.21. The quantitative estimate of drug-likeness (QED) is 0.337. The van der Waals surface area contributed by atoms with E-state index in [2.05, 4.69) is 83.0 Å². The Labute approximate surface area is 136 Å². The molecule has 0 amide bonds. The van der Waals surface area contributed by atoms with E-state index in [0.717, 1.165) is 16.9 Å². The zero-order chi connectivity index (χ0) is 14.6. The number of alkyl halides is 1. The number of hydrogen-bond acceptors (Lipinski definition) is 3. The number of rotatable bonds is 1. The first-order valence-electron chi connectivity index (χ1n) is 6.90. The Kier molecular flexibility index (Phi) is 2.89. The van der Waals surface area contributed by atoms with Crippen LogP contribution >= 0.6 is 22.6 Å². The van der Waals surface area contributed by atoms with Crippen LogP contribution in [0, 0.1) is 6.92 Å². The average molecular weight is 390 g/mol. The maximum Gasteiger partial charge on any atom is 0.159 e. The van der Waals surface area contributed by atoms with Crippen LogP contribution in [0.2, 0.25) is 0 Å². The molecule has 2 heterocycles. The van der Waals surface area contributed by atoms with Gasteiger partial charge in [0, 0.05) is 30.2 Å². The molecule has 0 spiro atoms. The van der Waals surface area contributed by atoms with Gasteiger partial charge in [-0.05, 0) is 41.1 Å². The van der Waals surface area contributed by atoms with E-state index in [1.165, 1.54) is 16.3 Å². The largest absolute Gasteiger partial charge is 0.454 e. The molecule has 4 heteroatoms. The lowest BCUT2D eigenvalue weighted by atomic mass is 10.1. The standard InChI is InChI=1S/C17H15IN2O/c1-11-7-8-13-12-5-3-4-6-14(12)21-16(13)15(11)20-10-9-19(2)17(20)18/h3-10,17H,1-2H3/t17-/m0/s1. The summed E-state index contributed by atoms with van der Waals surface area (Å²) in [5.74, 6) is 0. The molecule has 1 aliphatic rings. The number of benzene rings is 2. The first-order chi connectivity index (χ1) is 10.2. The minimum absolute atomic E-state index is 0.264. The molecule has 0 N–H and O–H groups in total. The van der Waals surface area contributed by atoms with Crippen LogP contribution in [0.3, 0.4) is 0 Å². The van der Waals surface area contributed by atoms with Gasteiger partial charge in [0.1, 0.15) is 5.58 Å². The highest BCUT2D eigenvalue weighted by molar-refractivity contribution is 14.1. The SMILES string of the molecule is Cc1ccc2c(oc3ccccc32)c1N1C=CN(C)[C@@H]1I. The third-order valence-electron chi connectivity index (χ3n) is 4.01. The molecule has 1 aliphatic heterocycles. The van der Waals surface area contributed by atoms with Crippen LogP contribution in [0.4, 0.5) is 5.69 Å². The lowest BCUT2D eigenvalue weighted by Gasteiger charge is -2.26. The van der Waals surface area contributed by atoms with Gasteiger partial charge in [-0.3, -0.25) is 0 Å². The predicted octanol–water partition coefficient (Wildman–Crippen LogP) is 4.84. The van der Waals surface area contributed by atoms with Gasteiger partial charge < -0.3 is 14.2 Å². The van der Waals surface area contributed by atoms with Gasteiger partial charge in [0.25, 0.3) is 0 Å². The summed E-state index contributed by atoms with van der Waals surface area (Å²) < 4.78 is 6.43. The second-order valence-electron chi connectivity index (χ2n) is 5.39. The molecule has 0 bridgehead atoms. The van der Waals surface area contributed by atoms with Crippen molar-refractivity contribution in [2.45, 2.75) is 11.1 Å². The lowest BCUT2D eigenvalue weighted by molar-refractivity contribution is 0.476. The number of nitrogens with zero attached hydrogens (tertiary/aromatic N) is 2. The highest BCUT2D eigenvalue weighted by atomic mass is 127. The summed E-state index contributed by atoms with van der Waals surface area (Å²) in [4.78, 5) is 4.45. The monoisotopic (exact) mass is 390 g/mol. The Morgan fingerprint density at radius 2 is 1.86 bits per heavy atom. The Bertz CT molecular complexity index is 868. The van der Waals surface area contributed by atoms with Gasteiger partial charge >= 0.3 is 0 Å². The van der Waals surface area contributed by atoms with E-state index in [1.54, 1.807) is 0 Å². The number of anilines is 1. The zero-order valence-electron chi connectivity index (χ0n) is 11.9. The number of furan rings is 1. The zero-order valence-corrected chi connectivity index (χ0v) is 14.0. The van der Waals surface area contributed by atoms with Crippen molar-refractivity contribution < 1.29 is 4.42 Å². The number of para-hydroxylation sites is 1. The molecule has 3 aromatic rings. The van der Waals surface area contributed by atoms with Crippen molar-refractivity contribution >= 4 is 50.2 Å². The fourth-order valence-electron chi connectivity index (χ4n) is 2.89. The fraction of sp³-hybridized carbons (Fsp3) is 0.176. The van der Waals surface area contributed by atoms with Gasteiger partial charge in [-0.15, -0.1) is 0 Å². The second kappa shape index (κ2) is 4.66. The van der Waals surface area contributed by atoms with Crippen LogP contribution in [0.25, 0.3) is 21.9 Å². The molecule has 4 rings (SSSR count). The van der Waals surface area contributed by atoms with E-state index in [1.807, 2.05) is 12.1 Å². The van der Waals surface area contributed by atoms with Crippen molar-refractivity contribution in [2.75, 3.05) is 11.9 Å². The van der Waals surface area contributed by atoms with Crippen LogP contribution in [0.15, 0.2) is 53.2 Å². The van der Waals surface area contributed by atoms with Gasteiger partial charge in [0.2, 0.25) is 0 Å². The number of aryl methyl sites for hydroxylation is 1. The molecule has 0 radical (unpaired) electrons. The molecule has 0 saturated carbocycles. The van der Waals surface area contributed by atoms with Gasteiger partial charge in [-0.1, -0.05) is 30.3 Å². The van der Waals surface area contributed by atoms with Crippen LogP contribution in [0.1, 0.15) is 5.56 Å². The van der Waals surface area contributed by atoms with Gasteiger partial charge in [-0.25, -0.2) is 0 Å². The molecule has 106 valence electrons. The average Bonchev–Trinajstić information content (AvgIpc) is 3.01. The first kappa shape index (κ1) is 13.0. The van der Waals surface area contributed by atoms with Crippen molar-refractivity contribution in [3.05, 3.63) is 54.4 Å². The van der Waals surface area contributed by atoms with E-state index in [0.29, 0.717) is 0 Å². The number of hydrogen-bond donors (Lipinski definition) is 0. The highest BCUT2D eigenvalue weighted by Gasteiger charge is 2.26. The number of fused-ring (bicyclic) bond motifs is 3. The normalized spacial score (nSPS) is 18.3. The van der Waals surface area contributed by atoms with Gasteiger partial charge in [-0.2, -0.15) is 0 Å². The van der Waals surface area contributed by atoms with Crippen molar-refractivity contribution in [1.82, 2.24) is 4.90 Å². The number of halogens is 1. The van der Waals surface area contributed by atoms with Crippen LogP contribution in [0.5, 0.6) is 0 Å². The summed E-state index contributed by atoms with van der Waals surface area (Å²) >= 11 is 2.44. The Morgan fingerprint density at radius 3 is 2.62 bits per heavy atom. The van der Waals surface area contributed by atoms with Crippen molar-refractivity contribution in [3.63, 3.8) is 0 Å². The molecule has 1 atom stereocenters. The molecule has 3 nitrogen and oxygen atoms in total. The molecular formula is C17H15IN2O. The van der Waals surface area contributed by atoms with E-state index >= 15 is 0 Å². The summed E-state index contributed by atoms with van der Waals surface area (Å²) in [6, 6.07) is 12.6. The fourth-order valence-corrected chi connectivity index (χ4v) is 3.54. The minimum Gasteiger partial charge on any atom is -0.454 e.